The average molecular weight is 584 g/mol. The summed E-state index contributed by atoms with van der Waals surface area (Å²) in [5.41, 5.74) is 20.1. The van der Waals surface area contributed by atoms with E-state index in [2.05, 4.69) is 24.8 Å². The first-order chi connectivity index (χ1) is 18.1. The maximum absolute atomic E-state index is 10.4. The minimum atomic E-state index is -1.02. The van der Waals surface area contributed by atoms with Crippen LogP contribution >= 0.6 is 12.4 Å². The summed E-state index contributed by atoms with van der Waals surface area (Å²) in [7, 11) is 0. The number of carboxylic acids is 1. The van der Waals surface area contributed by atoms with Crippen molar-refractivity contribution >= 4 is 18.4 Å². The Kier molecular flexibility index (Phi) is 20.0. The van der Waals surface area contributed by atoms with E-state index in [9.17, 15) is 4.79 Å². The van der Waals surface area contributed by atoms with E-state index in [1.807, 2.05) is 61.5 Å². The first-order valence-electron chi connectivity index (χ1n) is 12.1. The molecule has 0 amide bonds. The summed E-state index contributed by atoms with van der Waals surface area (Å²) in [5, 5.41) is 34.2. The molecule has 3 atom stereocenters. The highest BCUT2D eigenvalue weighted by Gasteiger charge is 2.11. The van der Waals surface area contributed by atoms with E-state index in [1.54, 1.807) is 24.3 Å². The maximum Gasteiger partial charge on any atom is 0.320 e. The predicted octanol–water partition coefficient (Wildman–Crippen LogP) is 0.118. The van der Waals surface area contributed by atoms with Crippen molar-refractivity contribution in [1.29, 1.82) is 15.8 Å². The van der Waals surface area contributed by atoms with Gasteiger partial charge in [-0.15, -0.1) is 12.4 Å². The lowest BCUT2D eigenvalue weighted by Crippen LogP contribution is -3.00. The maximum atomic E-state index is 10.4. The predicted molar refractivity (Wildman–Crippen MR) is 153 cm³/mol. The van der Waals surface area contributed by atoms with Crippen molar-refractivity contribution in [3.63, 3.8) is 0 Å². The summed E-state index contributed by atoms with van der Waals surface area (Å²) >= 11 is 0. The molecule has 0 saturated carbocycles. The second-order valence-electron chi connectivity index (χ2n) is 9.07. The number of rotatable bonds is 7. The molecule has 0 fully saturated rings. The molecule has 10 heteroatoms. The van der Waals surface area contributed by atoms with E-state index in [4.69, 9.17) is 32.4 Å². The molecule has 0 unspecified atom stereocenters. The molecule has 8 N–H and O–H groups in total. The van der Waals surface area contributed by atoms with Crippen LogP contribution in [0.5, 0.6) is 0 Å². The molecular weight excluding hydrogens is 547 g/mol. The molecule has 0 radical (unpaired) electrons. The molecule has 0 aromatic heterocycles. The fourth-order valence-corrected chi connectivity index (χ4v) is 3.26. The van der Waals surface area contributed by atoms with Crippen LogP contribution in [0.1, 0.15) is 47.2 Å². The van der Waals surface area contributed by atoms with Crippen LogP contribution in [0.25, 0.3) is 0 Å². The standard InChI is InChI=1S/C10H10N2O2.2C10H12N2.2ClH/c11-6-8-3-1-7(2-4-8)5-9(12)10(13)14;2*1-8(12)6-9-2-4-10(7-11)5-3-9;;/h1-4,9H,5,12H2,(H,13,14);2*2-5,8H,6,12H2,1H3;2*1H/t9-;2*8-;;/m011../s1. The topological polar surface area (TPSA) is 188 Å². The van der Waals surface area contributed by atoms with Crippen LogP contribution in [0.15, 0.2) is 72.8 Å². The van der Waals surface area contributed by atoms with Crippen molar-refractivity contribution in [2.45, 2.75) is 51.2 Å². The molecule has 40 heavy (non-hydrogen) atoms. The third-order valence-electron chi connectivity index (χ3n) is 5.16. The van der Waals surface area contributed by atoms with E-state index in [1.165, 1.54) is 11.1 Å². The Balaban J connectivity index is 0. The molecule has 212 valence electrons. The summed E-state index contributed by atoms with van der Waals surface area (Å²) in [6, 6.07) is 27.8. The van der Waals surface area contributed by atoms with Crippen molar-refractivity contribution < 1.29 is 28.0 Å². The molecule has 0 saturated heterocycles. The van der Waals surface area contributed by atoms with Crippen LogP contribution in [-0.2, 0) is 24.1 Å². The zero-order valence-corrected chi connectivity index (χ0v) is 24.2. The highest BCUT2D eigenvalue weighted by Crippen LogP contribution is 2.07. The zero-order valence-electron chi connectivity index (χ0n) is 22.6. The van der Waals surface area contributed by atoms with Gasteiger partial charge in [-0.05, 0) is 79.8 Å². The quantitative estimate of drug-likeness (QED) is 0.304. The van der Waals surface area contributed by atoms with E-state index in [-0.39, 0.29) is 37.3 Å². The van der Waals surface area contributed by atoms with Crippen molar-refractivity contribution in [1.82, 2.24) is 0 Å². The number of aliphatic carboxylic acids is 1. The third-order valence-corrected chi connectivity index (χ3v) is 5.16. The van der Waals surface area contributed by atoms with Gasteiger partial charge in [-0.1, -0.05) is 36.4 Å². The minimum Gasteiger partial charge on any atom is -1.00 e. The van der Waals surface area contributed by atoms with Crippen LogP contribution in [0.2, 0.25) is 0 Å². The van der Waals surface area contributed by atoms with Gasteiger partial charge in [0.05, 0.1) is 40.9 Å². The summed E-state index contributed by atoms with van der Waals surface area (Å²) in [6.07, 6.45) is 2.12. The Morgan fingerprint density at radius 1 is 0.725 bits per heavy atom. The summed E-state index contributed by atoms with van der Waals surface area (Å²) < 4.78 is 0. The first-order valence-corrected chi connectivity index (χ1v) is 12.1. The lowest BCUT2D eigenvalue weighted by molar-refractivity contribution is -0.413. The molecule has 0 aliphatic heterocycles. The first kappa shape index (κ1) is 38.2. The van der Waals surface area contributed by atoms with Gasteiger partial charge < -0.3 is 34.7 Å². The normalized spacial score (nSPS) is 11.3. The molecule has 3 rings (SSSR count). The SMILES string of the molecule is C[C@@H](N)Cc1ccc(C#N)cc1.C[C@@H]([NH3+])Cc1ccc(C#N)cc1.Cl.N#Cc1ccc(C[C@H](N)C(=O)O)cc1.[Cl-]. The number of hydrogen-bond donors (Lipinski definition) is 4. The van der Waals surface area contributed by atoms with Gasteiger partial charge in [0, 0.05) is 12.5 Å². The van der Waals surface area contributed by atoms with E-state index >= 15 is 0 Å². The molecule has 0 spiro atoms. The van der Waals surface area contributed by atoms with Gasteiger partial charge in [-0.2, -0.15) is 15.8 Å². The number of quaternary nitrogens is 1. The number of benzene rings is 3. The Hall–Kier alpha value is -3.94. The number of hydrogen-bond acceptors (Lipinski definition) is 6. The van der Waals surface area contributed by atoms with Crippen molar-refractivity contribution in [2.75, 3.05) is 0 Å². The molecule has 3 aromatic rings. The van der Waals surface area contributed by atoms with Gasteiger partial charge >= 0.3 is 5.97 Å². The van der Waals surface area contributed by atoms with Crippen LogP contribution in [0.4, 0.5) is 0 Å². The largest absolute Gasteiger partial charge is 1.00 e. The second-order valence-corrected chi connectivity index (χ2v) is 9.07. The van der Waals surface area contributed by atoms with Crippen molar-refractivity contribution in [2.24, 2.45) is 11.5 Å². The highest BCUT2D eigenvalue weighted by molar-refractivity contribution is 5.85. The minimum absolute atomic E-state index is 0. The molecule has 0 aliphatic carbocycles. The molecule has 0 aliphatic rings. The van der Waals surface area contributed by atoms with E-state index < -0.39 is 12.0 Å². The second kappa shape index (κ2) is 21.0. The van der Waals surface area contributed by atoms with Gasteiger partial charge in [0.1, 0.15) is 6.04 Å². The summed E-state index contributed by atoms with van der Waals surface area (Å²) in [4.78, 5) is 10.4. The summed E-state index contributed by atoms with van der Waals surface area (Å²) in [6.45, 7) is 4.05. The zero-order chi connectivity index (χ0) is 28.5. The van der Waals surface area contributed by atoms with Gasteiger partial charge in [-0.3, -0.25) is 4.79 Å². The van der Waals surface area contributed by atoms with Crippen molar-refractivity contribution in [3.8, 4) is 18.2 Å². The number of carbonyl (C=O) groups is 1. The average Bonchev–Trinajstić information content (AvgIpc) is 2.90. The fraction of sp³-hybridized carbons (Fsp3) is 0.267. The number of carboxylic acid groups (broad SMARTS) is 1. The molecule has 0 heterocycles. The fourth-order valence-electron chi connectivity index (χ4n) is 3.26. The highest BCUT2D eigenvalue weighted by atomic mass is 35.5. The van der Waals surface area contributed by atoms with Gasteiger partial charge in [-0.25, -0.2) is 0 Å². The molecule has 3 aromatic carbocycles. The lowest BCUT2D eigenvalue weighted by atomic mass is 10.1. The van der Waals surface area contributed by atoms with Gasteiger partial charge in [0.25, 0.3) is 0 Å². The van der Waals surface area contributed by atoms with Gasteiger partial charge in [0.15, 0.2) is 0 Å². The Morgan fingerprint density at radius 2 is 1.02 bits per heavy atom. The van der Waals surface area contributed by atoms with Crippen LogP contribution < -0.4 is 29.6 Å². The molecule has 0 bridgehead atoms. The Morgan fingerprint density at radius 3 is 1.27 bits per heavy atom. The lowest BCUT2D eigenvalue weighted by Gasteiger charge is -2.05. The summed E-state index contributed by atoms with van der Waals surface area (Å²) in [5.74, 6) is -1.02. The van der Waals surface area contributed by atoms with E-state index in [0.29, 0.717) is 17.2 Å². The van der Waals surface area contributed by atoms with Crippen LogP contribution in [-0.4, -0.2) is 29.2 Å². The monoisotopic (exact) mass is 582 g/mol. The molecule has 8 nitrogen and oxygen atoms in total. The smallest absolute Gasteiger partial charge is 0.320 e. The molecular formula is C30H36Cl2N6O2. The Labute approximate surface area is 248 Å². The van der Waals surface area contributed by atoms with Gasteiger partial charge in [0.2, 0.25) is 0 Å². The number of nitrogens with two attached hydrogens (primary N) is 2. The number of nitriles is 3. The van der Waals surface area contributed by atoms with Crippen molar-refractivity contribution in [3.05, 3.63) is 106 Å². The number of nitrogens with zero attached hydrogens (tertiary/aromatic N) is 3. The van der Waals surface area contributed by atoms with Crippen LogP contribution in [0, 0.1) is 34.0 Å². The third kappa shape index (κ3) is 16.1. The van der Waals surface area contributed by atoms with E-state index in [0.717, 1.165) is 24.0 Å². The number of halogens is 2. The van der Waals surface area contributed by atoms with Crippen LogP contribution in [0.3, 0.4) is 0 Å². The Bertz CT molecular complexity index is 1200.